The van der Waals surface area contributed by atoms with E-state index in [1.807, 2.05) is 36.0 Å². The van der Waals surface area contributed by atoms with Gasteiger partial charge in [-0.15, -0.1) is 0 Å². The number of thioether (sulfide) groups is 1. The van der Waals surface area contributed by atoms with Crippen molar-refractivity contribution in [1.82, 2.24) is 9.97 Å². The number of nitrogens with two attached hydrogens (primary N) is 1. The predicted octanol–water partition coefficient (Wildman–Crippen LogP) is 2.38. The second kappa shape index (κ2) is 5.02. The highest BCUT2D eigenvalue weighted by atomic mass is 32.2. The topological polar surface area (TPSA) is 63.8 Å². The van der Waals surface area contributed by atoms with Crippen LogP contribution in [0.15, 0.2) is 24.3 Å². The first-order valence-electron chi connectivity index (χ1n) is 6.17. The maximum Gasteiger partial charge on any atom is 0.222 e. The summed E-state index contributed by atoms with van der Waals surface area (Å²) in [5, 5.41) is 4.47. The van der Waals surface area contributed by atoms with E-state index in [-0.39, 0.29) is 0 Å². The van der Waals surface area contributed by atoms with Gasteiger partial charge in [-0.25, -0.2) is 4.98 Å². The molecule has 3 N–H and O–H groups in total. The van der Waals surface area contributed by atoms with E-state index >= 15 is 0 Å². The van der Waals surface area contributed by atoms with Crippen molar-refractivity contribution in [2.45, 2.75) is 6.42 Å². The Morgan fingerprint density at radius 3 is 3.06 bits per heavy atom. The van der Waals surface area contributed by atoms with Crippen LogP contribution in [0.25, 0.3) is 10.9 Å². The molecule has 4 nitrogen and oxygen atoms in total. The first-order chi connectivity index (χ1) is 8.83. The van der Waals surface area contributed by atoms with Gasteiger partial charge in [0.25, 0.3) is 0 Å². The Morgan fingerprint density at radius 1 is 1.33 bits per heavy atom. The Hall–Kier alpha value is -1.49. The minimum atomic E-state index is 0.331. The van der Waals surface area contributed by atoms with Crippen molar-refractivity contribution >= 4 is 34.4 Å². The number of aromatic nitrogens is 2. The Balaban J connectivity index is 1.85. The molecule has 1 aliphatic rings. The van der Waals surface area contributed by atoms with Crippen molar-refractivity contribution in [2.75, 3.05) is 29.1 Å². The molecule has 0 spiro atoms. The molecule has 1 aliphatic heterocycles. The smallest absolute Gasteiger partial charge is 0.222 e. The van der Waals surface area contributed by atoms with Crippen molar-refractivity contribution in [1.29, 1.82) is 0 Å². The van der Waals surface area contributed by atoms with Crippen molar-refractivity contribution in [3.63, 3.8) is 0 Å². The van der Waals surface area contributed by atoms with Crippen LogP contribution < -0.4 is 11.1 Å². The van der Waals surface area contributed by atoms with Crippen molar-refractivity contribution in [3.8, 4) is 0 Å². The summed E-state index contributed by atoms with van der Waals surface area (Å²) in [6.45, 7) is 0.966. The lowest BCUT2D eigenvalue weighted by atomic mass is 10.1. The SMILES string of the molecule is Nc1nc(NCC2CCSC2)c2ccccc2n1. The van der Waals surface area contributed by atoms with E-state index in [0.29, 0.717) is 5.95 Å². The minimum Gasteiger partial charge on any atom is -0.369 e. The molecule has 5 heteroatoms. The fourth-order valence-electron chi connectivity index (χ4n) is 2.21. The third-order valence-electron chi connectivity index (χ3n) is 3.20. The van der Waals surface area contributed by atoms with Crippen LogP contribution in [0.2, 0.25) is 0 Å². The number of benzene rings is 1. The van der Waals surface area contributed by atoms with Crippen LogP contribution in [-0.2, 0) is 0 Å². The lowest BCUT2D eigenvalue weighted by molar-refractivity contribution is 0.631. The average Bonchev–Trinajstić information content (AvgIpc) is 2.89. The third-order valence-corrected chi connectivity index (χ3v) is 4.43. The average molecular weight is 260 g/mol. The zero-order valence-electron chi connectivity index (χ0n) is 10.1. The van der Waals surface area contributed by atoms with E-state index < -0.39 is 0 Å². The van der Waals surface area contributed by atoms with Crippen molar-refractivity contribution in [3.05, 3.63) is 24.3 Å². The molecule has 94 valence electrons. The van der Waals surface area contributed by atoms with E-state index in [0.717, 1.165) is 29.2 Å². The van der Waals surface area contributed by atoms with E-state index in [1.54, 1.807) is 0 Å². The van der Waals surface area contributed by atoms with Gasteiger partial charge in [0.2, 0.25) is 5.95 Å². The summed E-state index contributed by atoms with van der Waals surface area (Å²) in [7, 11) is 0. The first kappa shape index (κ1) is 11.6. The van der Waals surface area contributed by atoms with Gasteiger partial charge in [0.15, 0.2) is 0 Å². The molecule has 1 fully saturated rings. The highest BCUT2D eigenvalue weighted by Crippen LogP contribution is 2.25. The van der Waals surface area contributed by atoms with Gasteiger partial charge in [-0.2, -0.15) is 16.7 Å². The highest BCUT2D eigenvalue weighted by Gasteiger charge is 2.15. The molecule has 1 unspecified atom stereocenters. The molecule has 0 saturated carbocycles. The summed E-state index contributed by atoms with van der Waals surface area (Å²) in [4.78, 5) is 8.55. The standard InChI is InChI=1S/C13H16N4S/c14-13-16-11-4-2-1-3-10(11)12(17-13)15-7-9-5-6-18-8-9/h1-4,9H,5-8H2,(H3,14,15,16,17). The maximum atomic E-state index is 5.74. The quantitative estimate of drug-likeness (QED) is 0.887. The van der Waals surface area contributed by atoms with Gasteiger partial charge in [0, 0.05) is 11.9 Å². The Kier molecular flexibility index (Phi) is 3.23. The number of nitrogens with one attached hydrogen (secondary N) is 1. The summed E-state index contributed by atoms with van der Waals surface area (Å²) in [5.74, 6) is 4.45. The van der Waals surface area contributed by atoms with Gasteiger partial charge >= 0.3 is 0 Å². The van der Waals surface area contributed by atoms with Crippen LogP contribution in [0.4, 0.5) is 11.8 Å². The van der Waals surface area contributed by atoms with Gasteiger partial charge in [0.1, 0.15) is 5.82 Å². The molecule has 1 atom stereocenters. The van der Waals surface area contributed by atoms with E-state index in [4.69, 9.17) is 5.73 Å². The van der Waals surface area contributed by atoms with Crippen LogP contribution in [0, 0.1) is 5.92 Å². The Bertz CT molecular complexity index is 552. The van der Waals surface area contributed by atoms with Crippen LogP contribution in [-0.4, -0.2) is 28.0 Å². The van der Waals surface area contributed by atoms with Crippen molar-refractivity contribution < 1.29 is 0 Å². The van der Waals surface area contributed by atoms with Crippen LogP contribution >= 0.6 is 11.8 Å². The Morgan fingerprint density at radius 2 is 2.22 bits per heavy atom. The number of anilines is 2. The third kappa shape index (κ3) is 2.36. The molecular weight excluding hydrogens is 244 g/mol. The van der Waals surface area contributed by atoms with Crippen LogP contribution in [0.3, 0.4) is 0 Å². The van der Waals surface area contributed by atoms with Crippen LogP contribution in [0.1, 0.15) is 6.42 Å². The Labute approximate surface area is 110 Å². The summed E-state index contributed by atoms with van der Waals surface area (Å²) >= 11 is 2.03. The number of nitrogens with zero attached hydrogens (tertiary/aromatic N) is 2. The summed E-state index contributed by atoms with van der Waals surface area (Å²) < 4.78 is 0. The molecule has 2 aromatic rings. The lowest BCUT2D eigenvalue weighted by Gasteiger charge is -2.12. The molecule has 1 saturated heterocycles. The van der Waals surface area contributed by atoms with Gasteiger partial charge in [0.05, 0.1) is 5.52 Å². The van der Waals surface area contributed by atoms with Crippen LogP contribution in [0.5, 0.6) is 0 Å². The number of nitrogen functional groups attached to an aromatic ring is 1. The predicted molar refractivity (Wildman–Crippen MR) is 77.9 cm³/mol. The molecule has 0 bridgehead atoms. The molecule has 0 amide bonds. The molecule has 2 heterocycles. The highest BCUT2D eigenvalue weighted by molar-refractivity contribution is 7.99. The molecule has 0 radical (unpaired) electrons. The summed E-state index contributed by atoms with van der Waals surface area (Å²) in [5.41, 5.74) is 6.64. The summed E-state index contributed by atoms with van der Waals surface area (Å²) in [6.07, 6.45) is 1.29. The molecule has 1 aromatic heterocycles. The molecule has 1 aromatic carbocycles. The van der Waals surface area contributed by atoms with Gasteiger partial charge < -0.3 is 11.1 Å². The monoisotopic (exact) mass is 260 g/mol. The van der Waals surface area contributed by atoms with Gasteiger partial charge in [-0.3, -0.25) is 0 Å². The number of fused-ring (bicyclic) bond motifs is 1. The largest absolute Gasteiger partial charge is 0.369 e. The zero-order valence-corrected chi connectivity index (χ0v) is 10.9. The molecular formula is C13H16N4S. The summed E-state index contributed by atoms with van der Waals surface area (Å²) in [6, 6.07) is 7.95. The lowest BCUT2D eigenvalue weighted by Crippen LogP contribution is -2.15. The van der Waals surface area contributed by atoms with E-state index in [2.05, 4.69) is 15.3 Å². The van der Waals surface area contributed by atoms with E-state index in [1.165, 1.54) is 17.9 Å². The first-order valence-corrected chi connectivity index (χ1v) is 7.32. The zero-order chi connectivity index (χ0) is 12.4. The fourth-order valence-corrected chi connectivity index (χ4v) is 3.50. The molecule has 18 heavy (non-hydrogen) atoms. The van der Waals surface area contributed by atoms with Gasteiger partial charge in [-0.05, 0) is 36.0 Å². The second-order valence-electron chi connectivity index (χ2n) is 4.56. The molecule has 0 aliphatic carbocycles. The second-order valence-corrected chi connectivity index (χ2v) is 5.71. The number of hydrogen-bond acceptors (Lipinski definition) is 5. The number of rotatable bonds is 3. The maximum absolute atomic E-state index is 5.74. The van der Waals surface area contributed by atoms with E-state index in [9.17, 15) is 0 Å². The fraction of sp³-hybridized carbons (Fsp3) is 0.385. The number of hydrogen-bond donors (Lipinski definition) is 2. The molecule has 3 rings (SSSR count). The minimum absolute atomic E-state index is 0.331. The normalized spacial score (nSPS) is 19.2. The number of para-hydroxylation sites is 1. The van der Waals surface area contributed by atoms with Crippen molar-refractivity contribution in [2.24, 2.45) is 5.92 Å². The van der Waals surface area contributed by atoms with Gasteiger partial charge in [-0.1, -0.05) is 12.1 Å².